The number of aliphatic hydroxyl groups is 2. The highest BCUT2D eigenvalue weighted by Crippen LogP contribution is 2.56. The molecule has 0 bridgehead atoms. The van der Waals surface area contributed by atoms with E-state index in [4.69, 9.17) is 9.47 Å². The van der Waals surface area contributed by atoms with Gasteiger partial charge in [0.1, 0.15) is 21.2 Å². The Bertz CT molecular complexity index is 1170. The van der Waals surface area contributed by atoms with Crippen molar-refractivity contribution < 1.29 is 29.3 Å². The molecular formula is C32H44Br2N2O6S2. The number of thiazole rings is 2. The van der Waals surface area contributed by atoms with Crippen LogP contribution >= 0.6 is 54.5 Å². The topological polar surface area (TPSA) is 119 Å². The summed E-state index contributed by atoms with van der Waals surface area (Å²) in [6.45, 7) is 4.57. The number of halogens is 2. The van der Waals surface area contributed by atoms with Crippen LogP contribution in [0.3, 0.4) is 0 Å². The van der Waals surface area contributed by atoms with E-state index in [9.17, 15) is 19.8 Å². The summed E-state index contributed by atoms with van der Waals surface area (Å²) in [7, 11) is 0. The largest absolute Gasteiger partial charge is 0.466 e. The van der Waals surface area contributed by atoms with Gasteiger partial charge in [-0.3, -0.25) is 9.59 Å². The van der Waals surface area contributed by atoms with Gasteiger partial charge in [-0.1, -0.05) is 0 Å². The summed E-state index contributed by atoms with van der Waals surface area (Å²) in [5.41, 5.74) is -1.62. The average Bonchev–Trinajstić information content (AvgIpc) is 3.97. The van der Waals surface area contributed by atoms with Crippen LogP contribution in [-0.2, 0) is 30.3 Å². The van der Waals surface area contributed by atoms with Crippen molar-refractivity contribution in [3.05, 3.63) is 30.0 Å². The summed E-state index contributed by atoms with van der Waals surface area (Å²) in [5, 5.41) is 24.5. The highest BCUT2D eigenvalue weighted by molar-refractivity contribution is 9.11. The lowest BCUT2D eigenvalue weighted by Crippen LogP contribution is -2.40. The first-order valence-electron chi connectivity index (χ1n) is 16.1. The van der Waals surface area contributed by atoms with Crippen LogP contribution in [0.15, 0.2) is 20.0 Å². The van der Waals surface area contributed by atoms with Gasteiger partial charge in [-0.2, -0.15) is 0 Å². The van der Waals surface area contributed by atoms with E-state index >= 15 is 0 Å². The van der Waals surface area contributed by atoms with Gasteiger partial charge >= 0.3 is 11.9 Å². The lowest BCUT2D eigenvalue weighted by Gasteiger charge is -2.39. The van der Waals surface area contributed by atoms with E-state index < -0.39 is 11.2 Å². The Morgan fingerprint density at radius 1 is 0.682 bits per heavy atom. The Morgan fingerprint density at radius 3 is 1.20 bits per heavy atom. The molecule has 2 N–H and O–H groups in total. The first kappa shape index (κ1) is 34.4. The Kier molecular flexibility index (Phi) is 11.6. The lowest BCUT2D eigenvalue weighted by molar-refractivity contribution is -0.151. The van der Waals surface area contributed by atoms with Gasteiger partial charge in [-0.15, -0.1) is 22.7 Å². The van der Waals surface area contributed by atoms with Crippen molar-refractivity contribution in [2.45, 2.75) is 102 Å². The molecule has 4 aliphatic carbocycles. The predicted octanol–water partition coefficient (Wildman–Crippen LogP) is 7.75. The second kappa shape index (κ2) is 14.9. The average molecular weight is 777 g/mol. The van der Waals surface area contributed by atoms with E-state index in [0.29, 0.717) is 25.0 Å². The fourth-order valence-corrected chi connectivity index (χ4v) is 10.3. The molecule has 2 aromatic heterocycles. The minimum absolute atomic E-state index is 0.00249. The molecule has 12 heteroatoms. The third kappa shape index (κ3) is 7.62. The van der Waals surface area contributed by atoms with E-state index in [-0.39, 0.29) is 35.6 Å². The smallest absolute Gasteiger partial charge is 0.308 e. The quantitative estimate of drug-likeness (QED) is 0.236. The lowest BCUT2D eigenvalue weighted by atomic mass is 9.71. The number of nitrogens with zero attached hydrogens (tertiary/aromatic N) is 2. The van der Waals surface area contributed by atoms with Crippen LogP contribution in [0, 0.1) is 35.5 Å². The van der Waals surface area contributed by atoms with Gasteiger partial charge in [0.15, 0.2) is 0 Å². The Hall–Kier alpha value is -0.920. The van der Waals surface area contributed by atoms with Crippen molar-refractivity contribution in [2.75, 3.05) is 13.2 Å². The minimum Gasteiger partial charge on any atom is -0.466 e. The van der Waals surface area contributed by atoms with Crippen LogP contribution in [-0.4, -0.2) is 45.3 Å². The van der Waals surface area contributed by atoms with E-state index in [2.05, 4.69) is 41.8 Å². The Labute approximate surface area is 285 Å². The molecule has 2 heterocycles. The summed E-state index contributed by atoms with van der Waals surface area (Å²) in [6.07, 6.45) is 14.6. The molecule has 2 atom stereocenters. The number of esters is 2. The van der Waals surface area contributed by atoms with E-state index in [1.807, 2.05) is 13.8 Å². The molecule has 0 saturated heterocycles. The Morgan fingerprint density at radius 2 is 0.977 bits per heavy atom. The van der Waals surface area contributed by atoms with Crippen LogP contribution in [0.1, 0.15) is 101 Å². The molecule has 0 amide bonds. The van der Waals surface area contributed by atoms with Crippen molar-refractivity contribution in [1.82, 2.24) is 9.97 Å². The van der Waals surface area contributed by atoms with Gasteiger partial charge < -0.3 is 19.7 Å². The van der Waals surface area contributed by atoms with Gasteiger partial charge in [0.05, 0.1) is 45.0 Å². The van der Waals surface area contributed by atoms with Crippen molar-refractivity contribution in [2.24, 2.45) is 35.5 Å². The molecule has 44 heavy (non-hydrogen) atoms. The number of aromatic nitrogens is 2. The minimum atomic E-state index is -0.809. The second-order valence-corrected chi connectivity index (χ2v) is 17.6. The number of ether oxygens (including phenoxy) is 2. The number of hydrogen-bond acceptors (Lipinski definition) is 10. The molecule has 4 fully saturated rings. The number of carbonyl (C=O) groups excluding carboxylic acids is 2. The van der Waals surface area contributed by atoms with E-state index in [1.54, 1.807) is 12.4 Å². The van der Waals surface area contributed by atoms with Crippen LogP contribution < -0.4 is 0 Å². The maximum atomic E-state index is 11.9. The SMILES string of the molecule is CCOC(=O)[C@H]1CC[C@H]([C@@](O)(c2ncc(Br)s2)C2CC2)CC1.CCOC(=O)[C@H]1CC[C@H]([C@](O)(c2ncc(Br)s2)C2CC2)CC1. The first-order valence-corrected chi connectivity index (χ1v) is 19.3. The second-order valence-electron chi connectivity index (χ2n) is 12.7. The van der Waals surface area contributed by atoms with Crippen molar-refractivity contribution >= 4 is 66.5 Å². The van der Waals surface area contributed by atoms with E-state index in [1.165, 1.54) is 22.7 Å². The van der Waals surface area contributed by atoms with Gasteiger partial charge in [0.25, 0.3) is 0 Å². The third-order valence-electron chi connectivity index (χ3n) is 9.98. The molecular weight excluding hydrogens is 732 g/mol. The standard InChI is InChI=1S/2C16H22BrNO3S/c2*1-2-21-14(19)10-3-5-11(6-4-10)16(20,12-7-8-12)15-18-9-13(17)22-15/h2*9-12,20H,2-8H2,1H3/t2*10-,11-,16-/m10/s1. The highest BCUT2D eigenvalue weighted by Gasteiger charge is 2.54. The van der Waals surface area contributed by atoms with Crippen LogP contribution in [0.25, 0.3) is 0 Å². The maximum Gasteiger partial charge on any atom is 0.308 e. The third-order valence-corrected chi connectivity index (χ3v) is 13.2. The van der Waals surface area contributed by atoms with Crippen molar-refractivity contribution in [3.8, 4) is 0 Å². The highest BCUT2D eigenvalue weighted by atomic mass is 79.9. The fourth-order valence-electron chi connectivity index (χ4n) is 7.35. The van der Waals surface area contributed by atoms with Gasteiger partial charge in [-0.05, 0) is 146 Å². The van der Waals surface area contributed by atoms with Crippen molar-refractivity contribution in [1.29, 1.82) is 0 Å². The summed E-state index contributed by atoms with van der Waals surface area (Å²) in [4.78, 5) is 32.6. The predicted molar refractivity (Wildman–Crippen MR) is 177 cm³/mol. The fraction of sp³-hybridized carbons (Fsp3) is 0.750. The first-order chi connectivity index (χ1) is 21.1. The molecule has 0 radical (unpaired) electrons. The molecule has 2 aromatic rings. The zero-order chi connectivity index (χ0) is 31.5. The van der Waals surface area contributed by atoms with E-state index in [0.717, 1.165) is 94.6 Å². The van der Waals surface area contributed by atoms with Crippen LogP contribution in [0.5, 0.6) is 0 Å². The molecule has 6 rings (SSSR count). The number of rotatable bonds is 10. The molecule has 8 nitrogen and oxygen atoms in total. The zero-order valence-electron chi connectivity index (χ0n) is 25.5. The maximum absolute atomic E-state index is 11.9. The molecule has 0 unspecified atom stereocenters. The molecule has 0 aromatic carbocycles. The van der Waals surface area contributed by atoms with Gasteiger partial charge in [0, 0.05) is 0 Å². The van der Waals surface area contributed by atoms with Crippen LogP contribution in [0.4, 0.5) is 0 Å². The Balaban J connectivity index is 0.000000175. The summed E-state index contributed by atoms with van der Waals surface area (Å²) < 4.78 is 12.2. The summed E-state index contributed by atoms with van der Waals surface area (Å²) >= 11 is 9.97. The van der Waals surface area contributed by atoms with Crippen molar-refractivity contribution in [3.63, 3.8) is 0 Å². The van der Waals surface area contributed by atoms with Gasteiger partial charge in [-0.25, -0.2) is 9.97 Å². The normalized spacial score (nSPS) is 28.1. The molecule has 0 spiro atoms. The monoisotopic (exact) mass is 774 g/mol. The number of hydrogen-bond donors (Lipinski definition) is 2. The molecule has 4 saturated carbocycles. The summed E-state index contributed by atoms with van der Waals surface area (Å²) in [6, 6.07) is 0. The zero-order valence-corrected chi connectivity index (χ0v) is 30.3. The summed E-state index contributed by atoms with van der Waals surface area (Å²) in [5.74, 6) is 0.906. The van der Waals surface area contributed by atoms with Crippen LogP contribution in [0.2, 0.25) is 0 Å². The molecule has 4 aliphatic rings. The number of carbonyl (C=O) groups is 2. The molecule has 0 aliphatic heterocycles. The van der Waals surface area contributed by atoms with Gasteiger partial charge in [0.2, 0.25) is 0 Å². The molecule has 244 valence electrons.